The van der Waals surface area contributed by atoms with Gasteiger partial charge in [0.2, 0.25) is 0 Å². The van der Waals surface area contributed by atoms with Crippen molar-refractivity contribution in [1.29, 1.82) is 5.26 Å². The second kappa shape index (κ2) is 8.07. The van der Waals surface area contributed by atoms with Crippen molar-refractivity contribution in [1.82, 2.24) is 0 Å². The van der Waals surface area contributed by atoms with Crippen molar-refractivity contribution < 1.29 is 4.92 Å². The number of rotatable bonds is 8. The number of non-ortho nitro benzene ring substituents is 1. The van der Waals surface area contributed by atoms with Crippen LogP contribution in [0.3, 0.4) is 0 Å². The average molecular weight is 332 g/mol. The first-order chi connectivity index (χ1) is 12.1. The highest BCUT2D eigenvalue weighted by atomic mass is 16.6. The maximum absolute atomic E-state index is 10.9. The molecule has 0 amide bonds. The van der Waals surface area contributed by atoms with Crippen molar-refractivity contribution in [2.45, 2.75) is 24.2 Å². The molecule has 2 unspecified atom stereocenters. The normalized spacial score (nSPS) is 13.9. The molecule has 2 atom stereocenters. The van der Waals surface area contributed by atoms with Crippen LogP contribution < -0.4 is 0 Å². The molecule has 126 valence electrons. The monoisotopic (exact) mass is 332 g/mol. The summed E-state index contributed by atoms with van der Waals surface area (Å²) in [6, 6.07) is 18.5. The number of benzene rings is 2. The summed E-state index contributed by atoms with van der Waals surface area (Å²) in [7, 11) is 0. The predicted octanol–water partition coefficient (Wildman–Crippen LogP) is 5.29. The van der Waals surface area contributed by atoms with Gasteiger partial charge in [-0.1, -0.05) is 54.6 Å². The number of allylic oxidation sites excluding steroid dienone is 2. The number of hydrogen-bond acceptors (Lipinski definition) is 3. The highest BCUT2D eigenvalue weighted by Gasteiger charge is 2.40. The summed E-state index contributed by atoms with van der Waals surface area (Å²) >= 11 is 0. The van der Waals surface area contributed by atoms with Gasteiger partial charge in [-0.3, -0.25) is 10.1 Å². The summed E-state index contributed by atoms with van der Waals surface area (Å²) in [5.41, 5.74) is 0.918. The first-order valence-corrected chi connectivity index (χ1v) is 8.02. The largest absolute Gasteiger partial charge is 0.269 e. The fourth-order valence-corrected chi connectivity index (χ4v) is 3.23. The van der Waals surface area contributed by atoms with E-state index in [0.29, 0.717) is 12.8 Å². The van der Waals surface area contributed by atoms with Crippen LogP contribution in [0.5, 0.6) is 0 Å². The van der Waals surface area contributed by atoms with Crippen LogP contribution in [-0.2, 0) is 5.41 Å². The molecular formula is C21H20N2O2. The smallest absolute Gasteiger partial charge is 0.258 e. The SMILES string of the molecule is C=CCC(c1ccccc1)C(C#N)(CC=C)c1ccc([N+](=O)[O-])cc1. The number of nitro benzene ring substituents is 1. The van der Waals surface area contributed by atoms with Crippen LogP contribution in [0.25, 0.3) is 0 Å². The van der Waals surface area contributed by atoms with Crippen LogP contribution in [0.2, 0.25) is 0 Å². The van der Waals surface area contributed by atoms with E-state index in [-0.39, 0.29) is 11.6 Å². The fraction of sp³-hybridized carbons (Fsp3) is 0.190. The first-order valence-electron chi connectivity index (χ1n) is 8.02. The van der Waals surface area contributed by atoms with Gasteiger partial charge in [0.25, 0.3) is 5.69 Å². The zero-order valence-electron chi connectivity index (χ0n) is 14.0. The third kappa shape index (κ3) is 3.67. The molecule has 0 spiro atoms. The number of hydrogen-bond donors (Lipinski definition) is 0. The van der Waals surface area contributed by atoms with Crippen LogP contribution in [0.1, 0.15) is 29.9 Å². The van der Waals surface area contributed by atoms with E-state index >= 15 is 0 Å². The van der Waals surface area contributed by atoms with E-state index < -0.39 is 10.3 Å². The number of nitro groups is 1. The Morgan fingerprint density at radius 3 is 2.24 bits per heavy atom. The molecule has 0 radical (unpaired) electrons. The maximum atomic E-state index is 10.9. The minimum absolute atomic E-state index is 0.00850. The van der Waals surface area contributed by atoms with E-state index in [9.17, 15) is 15.4 Å². The van der Waals surface area contributed by atoms with Gasteiger partial charge in [-0.15, -0.1) is 13.2 Å². The minimum atomic E-state index is -0.869. The highest BCUT2D eigenvalue weighted by molar-refractivity contribution is 5.44. The van der Waals surface area contributed by atoms with Crippen LogP contribution in [-0.4, -0.2) is 4.92 Å². The molecular weight excluding hydrogens is 312 g/mol. The average Bonchev–Trinajstić information content (AvgIpc) is 2.65. The van der Waals surface area contributed by atoms with Gasteiger partial charge < -0.3 is 0 Å². The lowest BCUT2D eigenvalue weighted by Gasteiger charge is -2.35. The molecule has 2 rings (SSSR count). The number of nitriles is 1. The molecule has 0 saturated heterocycles. The standard InChI is InChI=1S/C21H20N2O2/c1-3-8-20(17-9-6-5-7-10-17)21(16-22,15-4-2)18-11-13-19(14-12-18)23(24)25/h3-7,9-14,20H,1-2,8,15H2. The van der Waals surface area contributed by atoms with Crippen LogP contribution >= 0.6 is 0 Å². The van der Waals surface area contributed by atoms with Gasteiger partial charge in [0.15, 0.2) is 0 Å². The Hall–Kier alpha value is -3.19. The topological polar surface area (TPSA) is 66.9 Å². The Morgan fingerprint density at radius 2 is 1.76 bits per heavy atom. The summed E-state index contributed by atoms with van der Waals surface area (Å²) in [6.07, 6.45) is 4.58. The Morgan fingerprint density at radius 1 is 1.12 bits per heavy atom. The van der Waals surface area contributed by atoms with Crippen LogP contribution in [0.4, 0.5) is 5.69 Å². The number of nitrogens with zero attached hydrogens (tertiary/aromatic N) is 2. The van der Waals surface area contributed by atoms with Crippen LogP contribution in [0.15, 0.2) is 79.9 Å². The molecule has 0 aliphatic heterocycles. The molecule has 4 heteroatoms. The molecule has 0 aliphatic rings. The molecule has 4 nitrogen and oxygen atoms in total. The Bertz CT molecular complexity index is 791. The van der Waals surface area contributed by atoms with Crippen molar-refractivity contribution in [3.8, 4) is 6.07 Å². The fourth-order valence-electron chi connectivity index (χ4n) is 3.23. The van der Waals surface area contributed by atoms with Gasteiger partial charge in [0, 0.05) is 18.1 Å². The van der Waals surface area contributed by atoms with E-state index in [2.05, 4.69) is 19.2 Å². The quantitative estimate of drug-likeness (QED) is 0.374. The summed E-state index contributed by atoms with van der Waals surface area (Å²) in [4.78, 5) is 10.5. The molecule has 0 aliphatic carbocycles. The molecule has 2 aromatic carbocycles. The first kappa shape index (κ1) is 18.2. The summed E-state index contributed by atoms with van der Waals surface area (Å²) in [5, 5.41) is 21.1. The Labute approximate surface area is 147 Å². The third-order valence-corrected chi connectivity index (χ3v) is 4.46. The van der Waals surface area contributed by atoms with E-state index in [1.54, 1.807) is 24.3 Å². The molecule has 0 N–H and O–H groups in total. The molecule has 0 saturated carbocycles. The maximum Gasteiger partial charge on any atom is 0.269 e. The van der Waals surface area contributed by atoms with E-state index in [4.69, 9.17) is 0 Å². The van der Waals surface area contributed by atoms with Gasteiger partial charge in [-0.05, 0) is 24.0 Å². The molecule has 0 fully saturated rings. The predicted molar refractivity (Wildman–Crippen MR) is 99.2 cm³/mol. The molecule has 0 heterocycles. The lowest BCUT2D eigenvalue weighted by Crippen LogP contribution is -2.32. The zero-order valence-corrected chi connectivity index (χ0v) is 14.0. The summed E-state index contributed by atoms with van der Waals surface area (Å²) in [5.74, 6) is -0.129. The van der Waals surface area contributed by atoms with Crippen molar-refractivity contribution in [3.63, 3.8) is 0 Å². The lowest BCUT2D eigenvalue weighted by atomic mass is 9.65. The van der Waals surface area contributed by atoms with Crippen molar-refractivity contribution in [3.05, 3.63) is 101 Å². The molecule has 2 aromatic rings. The van der Waals surface area contributed by atoms with E-state index in [1.807, 2.05) is 30.3 Å². The second-order valence-electron chi connectivity index (χ2n) is 5.87. The molecule has 0 bridgehead atoms. The summed E-state index contributed by atoms with van der Waals surface area (Å²) < 4.78 is 0. The van der Waals surface area contributed by atoms with Crippen molar-refractivity contribution in [2.24, 2.45) is 0 Å². The van der Waals surface area contributed by atoms with Gasteiger partial charge in [0.1, 0.15) is 0 Å². The Kier molecular flexibility index (Phi) is 5.86. The van der Waals surface area contributed by atoms with Gasteiger partial charge >= 0.3 is 0 Å². The van der Waals surface area contributed by atoms with E-state index in [1.165, 1.54) is 12.1 Å². The highest BCUT2D eigenvalue weighted by Crippen LogP contribution is 2.44. The minimum Gasteiger partial charge on any atom is -0.258 e. The van der Waals surface area contributed by atoms with Crippen molar-refractivity contribution >= 4 is 5.69 Å². The Balaban J connectivity index is 2.62. The lowest BCUT2D eigenvalue weighted by molar-refractivity contribution is -0.384. The van der Waals surface area contributed by atoms with Gasteiger partial charge in [0.05, 0.1) is 16.4 Å². The van der Waals surface area contributed by atoms with Crippen LogP contribution in [0, 0.1) is 21.4 Å². The zero-order chi connectivity index (χ0) is 18.3. The molecule has 0 aromatic heterocycles. The second-order valence-corrected chi connectivity index (χ2v) is 5.87. The van der Waals surface area contributed by atoms with Gasteiger partial charge in [-0.2, -0.15) is 5.26 Å². The third-order valence-electron chi connectivity index (χ3n) is 4.46. The van der Waals surface area contributed by atoms with Gasteiger partial charge in [-0.25, -0.2) is 0 Å². The molecule has 25 heavy (non-hydrogen) atoms. The van der Waals surface area contributed by atoms with Crippen molar-refractivity contribution in [2.75, 3.05) is 0 Å². The van der Waals surface area contributed by atoms with E-state index in [0.717, 1.165) is 11.1 Å². The summed E-state index contributed by atoms with van der Waals surface area (Å²) in [6.45, 7) is 7.66.